The molecule has 5 heteroatoms. The van der Waals surface area contributed by atoms with Gasteiger partial charge in [-0.15, -0.1) is 0 Å². The summed E-state index contributed by atoms with van der Waals surface area (Å²) in [5, 5.41) is 5.72. The van der Waals surface area contributed by atoms with Crippen LogP contribution in [-0.2, 0) is 0 Å². The first-order valence-corrected chi connectivity index (χ1v) is 18.0. The summed E-state index contributed by atoms with van der Waals surface area (Å²) in [7, 11) is 0. The minimum absolute atomic E-state index is 0.576. The van der Waals surface area contributed by atoms with Crippen molar-refractivity contribution in [2.45, 2.75) is 0 Å². The van der Waals surface area contributed by atoms with Crippen LogP contribution in [0.4, 0.5) is 0 Å². The quantitative estimate of drug-likeness (QED) is 0.174. The third-order valence-corrected chi connectivity index (χ3v) is 9.92. The van der Waals surface area contributed by atoms with Gasteiger partial charge >= 0.3 is 0 Å². The highest BCUT2D eigenvalue weighted by molar-refractivity contribution is 5.99. The number of para-hydroxylation sites is 1. The molecule has 3 aromatic heterocycles. The van der Waals surface area contributed by atoms with Crippen LogP contribution in [0.25, 0.3) is 100 Å². The zero-order valence-corrected chi connectivity index (χ0v) is 29.1. The normalized spacial score (nSPS) is 11.3. The molecular weight excluding hydrogens is 659 g/mol. The fourth-order valence-electron chi connectivity index (χ4n) is 7.20. The van der Waals surface area contributed by atoms with E-state index in [9.17, 15) is 0 Å². The molecule has 0 aliphatic carbocycles. The second-order valence-electron chi connectivity index (χ2n) is 13.3. The fraction of sp³-hybridized carbons (Fsp3) is 0. The Morgan fingerprint density at radius 1 is 0.259 bits per heavy atom. The Morgan fingerprint density at radius 3 is 1.39 bits per heavy atom. The molecule has 10 aromatic rings. The molecule has 0 amide bonds. The van der Waals surface area contributed by atoms with Crippen molar-refractivity contribution in [3.05, 3.63) is 188 Å². The molecule has 0 aliphatic rings. The van der Waals surface area contributed by atoms with Crippen LogP contribution in [0.3, 0.4) is 0 Å². The lowest BCUT2D eigenvalue weighted by Crippen LogP contribution is -1.98. The number of hydrogen-bond acceptors (Lipinski definition) is 5. The lowest BCUT2D eigenvalue weighted by Gasteiger charge is -2.13. The Morgan fingerprint density at radius 2 is 0.741 bits per heavy atom. The van der Waals surface area contributed by atoms with Gasteiger partial charge in [-0.2, -0.15) is 0 Å². The van der Waals surface area contributed by atoms with Crippen LogP contribution in [0.15, 0.2) is 188 Å². The summed E-state index contributed by atoms with van der Waals surface area (Å²) in [6.07, 6.45) is 0. The summed E-state index contributed by atoms with van der Waals surface area (Å²) >= 11 is 0. The Hall–Kier alpha value is -7.37. The van der Waals surface area contributed by atoms with E-state index in [2.05, 4.69) is 140 Å². The Labute approximate surface area is 312 Å². The molecule has 0 atom stereocenters. The number of fused-ring (bicyclic) bond motifs is 3. The fourth-order valence-corrected chi connectivity index (χ4v) is 7.20. The van der Waals surface area contributed by atoms with E-state index in [1.54, 1.807) is 0 Å². The van der Waals surface area contributed by atoms with E-state index in [1.807, 2.05) is 48.5 Å². The highest BCUT2D eigenvalue weighted by Gasteiger charge is 2.16. The number of rotatable bonds is 6. The number of pyridine rings is 1. The van der Waals surface area contributed by atoms with Crippen LogP contribution < -0.4 is 0 Å². The van der Waals surface area contributed by atoms with Crippen molar-refractivity contribution in [3.8, 4) is 67.9 Å². The summed E-state index contributed by atoms with van der Waals surface area (Å²) in [6.45, 7) is 0. The van der Waals surface area contributed by atoms with E-state index in [-0.39, 0.29) is 0 Å². The third kappa shape index (κ3) is 5.84. The number of nitrogens with zero attached hydrogens (tertiary/aromatic N) is 5. The Kier molecular flexibility index (Phi) is 7.73. The molecule has 7 aromatic carbocycles. The van der Waals surface area contributed by atoms with Crippen molar-refractivity contribution in [1.82, 2.24) is 24.9 Å². The summed E-state index contributed by atoms with van der Waals surface area (Å²) in [4.78, 5) is 25.4. The van der Waals surface area contributed by atoms with Crippen molar-refractivity contribution < 1.29 is 0 Å². The van der Waals surface area contributed by atoms with Gasteiger partial charge in [0.2, 0.25) is 0 Å². The van der Waals surface area contributed by atoms with Crippen molar-refractivity contribution in [2.24, 2.45) is 0 Å². The van der Waals surface area contributed by atoms with Crippen LogP contribution >= 0.6 is 0 Å². The summed E-state index contributed by atoms with van der Waals surface area (Å²) in [6, 6.07) is 64.6. The molecule has 5 nitrogen and oxygen atoms in total. The number of hydrogen-bond donors (Lipinski definition) is 0. The first kappa shape index (κ1) is 31.4. The van der Waals surface area contributed by atoms with Gasteiger partial charge < -0.3 is 0 Å². The van der Waals surface area contributed by atoms with Crippen LogP contribution in [0.5, 0.6) is 0 Å². The summed E-state index contributed by atoms with van der Waals surface area (Å²) in [5.74, 6) is 1.23. The van der Waals surface area contributed by atoms with Gasteiger partial charge in [0.15, 0.2) is 11.6 Å². The minimum Gasteiger partial charge on any atom is -0.244 e. The average Bonchev–Trinajstić information content (AvgIpc) is 3.26. The molecule has 0 bridgehead atoms. The Balaban J connectivity index is 1.11. The molecule has 54 heavy (non-hydrogen) atoms. The first-order valence-electron chi connectivity index (χ1n) is 18.0. The highest BCUT2D eigenvalue weighted by atomic mass is 14.9. The molecule has 3 heterocycles. The van der Waals surface area contributed by atoms with Gasteiger partial charge in [-0.05, 0) is 45.8 Å². The van der Waals surface area contributed by atoms with E-state index in [0.29, 0.717) is 11.6 Å². The van der Waals surface area contributed by atoms with Gasteiger partial charge in [0.05, 0.1) is 28.3 Å². The average molecular weight is 690 g/mol. The van der Waals surface area contributed by atoms with E-state index in [1.165, 1.54) is 10.8 Å². The molecule has 0 spiro atoms. The smallest absolute Gasteiger partial charge is 0.179 e. The predicted octanol–water partition coefficient (Wildman–Crippen LogP) is 12.1. The zero-order valence-electron chi connectivity index (χ0n) is 29.1. The third-order valence-electron chi connectivity index (χ3n) is 9.92. The van der Waals surface area contributed by atoms with Crippen LogP contribution in [0.2, 0.25) is 0 Å². The van der Waals surface area contributed by atoms with Gasteiger partial charge in [-0.3, -0.25) is 0 Å². The van der Waals surface area contributed by atoms with Crippen molar-refractivity contribution >= 4 is 32.4 Å². The van der Waals surface area contributed by atoms with Crippen molar-refractivity contribution in [1.29, 1.82) is 0 Å². The topological polar surface area (TPSA) is 64.5 Å². The van der Waals surface area contributed by atoms with Gasteiger partial charge in [0.1, 0.15) is 5.69 Å². The number of benzene rings is 7. The van der Waals surface area contributed by atoms with E-state index >= 15 is 0 Å². The Bertz CT molecular complexity index is 2880. The first-order chi connectivity index (χ1) is 26.7. The van der Waals surface area contributed by atoms with Gasteiger partial charge in [-0.1, -0.05) is 164 Å². The molecule has 0 saturated carbocycles. The second-order valence-corrected chi connectivity index (χ2v) is 13.3. The largest absolute Gasteiger partial charge is 0.244 e. The van der Waals surface area contributed by atoms with Gasteiger partial charge in [0, 0.05) is 33.2 Å². The molecule has 0 aliphatic heterocycles. The van der Waals surface area contributed by atoms with Crippen LogP contribution in [-0.4, -0.2) is 24.9 Å². The second kappa shape index (κ2) is 13.3. The molecule has 0 N–H and O–H groups in total. The van der Waals surface area contributed by atoms with Gasteiger partial charge in [-0.25, -0.2) is 24.9 Å². The molecule has 252 valence electrons. The van der Waals surface area contributed by atoms with E-state index in [4.69, 9.17) is 24.9 Å². The molecule has 0 fully saturated rings. The van der Waals surface area contributed by atoms with Crippen molar-refractivity contribution in [3.63, 3.8) is 0 Å². The van der Waals surface area contributed by atoms with Gasteiger partial charge in [0.25, 0.3) is 0 Å². The zero-order chi connectivity index (χ0) is 35.8. The maximum Gasteiger partial charge on any atom is 0.179 e. The predicted molar refractivity (Wildman–Crippen MR) is 221 cm³/mol. The van der Waals surface area contributed by atoms with Crippen molar-refractivity contribution in [2.75, 3.05) is 0 Å². The van der Waals surface area contributed by atoms with Crippen LogP contribution in [0, 0.1) is 0 Å². The molecular formula is C49H31N5. The standard InChI is InChI=1S/C49H31N5/c1-2-14-34(15-3-1)44-30-45(52-49(51-44)43-29-28-35-16-6-9-23-42(35)50-43)36-24-26-37(27-25-36)48-53-46(40-21-10-17-32-12-4-7-19-38(32)40)31-47(54-48)41-22-11-18-33-13-5-8-20-39(33)41/h1-31H. The van der Waals surface area contributed by atoms with E-state index < -0.39 is 0 Å². The maximum atomic E-state index is 5.22. The molecule has 0 saturated heterocycles. The lowest BCUT2D eigenvalue weighted by atomic mass is 9.98. The summed E-state index contributed by atoms with van der Waals surface area (Å²) in [5.41, 5.74) is 10.0. The SMILES string of the molecule is c1ccc(-c2cc(-c3ccc(-c4nc(-c5cccc6ccccc56)cc(-c5cccc6ccccc56)n4)cc3)nc(-c3ccc4ccccc4n3)n2)cc1. The molecule has 10 rings (SSSR count). The number of aromatic nitrogens is 5. The minimum atomic E-state index is 0.576. The maximum absolute atomic E-state index is 5.22. The highest BCUT2D eigenvalue weighted by Crippen LogP contribution is 2.35. The monoisotopic (exact) mass is 689 g/mol. The molecule has 0 radical (unpaired) electrons. The molecule has 0 unspecified atom stereocenters. The lowest BCUT2D eigenvalue weighted by molar-refractivity contribution is 1.16. The van der Waals surface area contributed by atoms with Crippen LogP contribution in [0.1, 0.15) is 0 Å². The summed E-state index contributed by atoms with van der Waals surface area (Å²) < 4.78 is 0. The van der Waals surface area contributed by atoms with E-state index in [0.717, 1.165) is 78.0 Å².